The number of nitro benzene ring substituents is 1. The number of amides is 5. The van der Waals surface area contributed by atoms with Gasteiger partial charge in [-0.2, -0.15) is 0 Å². The molecule has 2 atom stereocenters. The van der Waals surface area contributed by atoms with Gasteiger partial charge in [0.1, 0.15) is 24.4 Å². The van der Waals surface area contributed by atoms with Gasteiger partial charge in [-0.15, -0.1) is 0 Å². The molecule has 0 radical (unpaired) electrons. The van der Waals surface area contributed by atoms with Gasteiger partial charge in [-0.25, -0.2) is 4.79 Å². The molecule has 1 heterocycles. The first-order valence-electron chi connectivity index (χ1n) is 17.9. The van der Waals surface area contributed by atoms with E-state index in [1.165, 1.54) is 36.4 Å². The summed E-state index contributed by atoms with van der Waals surface area (Å²) >= 11 is 0. The van der Waals surface area contributed by atoms with Crippen molar-refractivity contribution in [1.82, 2.24) is 15.5 Å². The Hall–Kier alpha value is -6.42. The van der Waals surface area contributed by atoms with Crippen LogP contribution in [0.15, 0.2) is 91.0 Å². The lowest BCUT2D eigenvalue weighted by Crippen LogP contribution is -2.53. The molecule has 3 aromatic rings. The highest BCUT2D eigenvalue weighted by atomic mass is 16.7. The Balaban J connectivity index is 1.31. The second-order valence-corrected chi connectivity index (χ2v) is 12.7. The van der Waals surface area contributed by atoms with Gasteiger partial charge >= 0.3 is 6.16 Å². The van der Waals surface area contributed by atoms with Crippen LogP contribution in [-0.2, 0) is 41.7 Å². The Morgan fingerprint density at radius 3 is 2.11 bits per heavy atom. The lowest BCUT2D eigenvalue weighted by Gasteiger charge is -2.23. The smallest absolute Gasteiger partial charge is 0.429 e. The van der Waals surface area contributed by atoms with Gasteiger partial charge in [-0.05, 0) is 74.0 Å². The molecule has 0 spiro atoms. The normalized spacial score (nSPS) is 13.1. The van der Waals surface area contributed by atoms with E-state index in [2.05, 4.69) is 16.0 Å². The predicted molar refractivity (Wildman–Crippen MR) is 200 cm³/mol. The standard InChI is InChI=1S/C39H44N6O10/c40-23-7-6-11-32(37(49)41-29-15-13-28(14-16-29)26-54-39(51)55-31-19-17-30(18-20-31)45(52)53)43-38(50)33(25-27-9-3-1-4-10-27)42-34(46)12-5-2-8-24-44-35(47)21-22-36(44)48/h1,3-4,9-10,13-22,32-33H,2,5-8,11-12,23-26,40H2,(H,41,49)(H,42,46)(H,43,50)/t32-,33-/m0/s1. The van der Waals surface area contributed by atoms with Gasteiger partial charge in [0.25, 0.3) is 17.5 Å². The summed E-state index contributed by atoms with van der Waals surface area (Å²) in [5.41, 5.74) is 7.35. The molecule has 0 fully saturated rings. The van der Waals surface area contributed by atoms with Crippen LogP contribution in [0.2, 0.25) is 0 Å². The molecule has 0 bridgehead atoms. The summed E-state index contributed by atoms with van der Waals surface area (Å²) in [6.45, 7) is 0.522. The van der Waals surface area contributed by atoms with Gasteiger partial charge in [0.05, 0.1) is 4.92 Å². The van der Waals surface area contributed by atoms with E-state index < -0.39 is 35.0 Å². The number of hydrogen-bond donors (Lipinski definition) is 4. The summed E-state index contributed by atoms with van der Waals surface area (Å²) in [6.07, 6.45) is 4.86. The highest BCUT2D eigenvalue weighted by Crippen LogP contribution is 2.19. The molecular weight excluding hydrogens is 712 g/mol. The lowest BCUT2D eigenvalue weighted by atomic mass is 10.0. The third-order valence-corrected chi connectivity index (χ3v) is 8.53. The van der Waals surface area contributed by atoms with E-state index in [-0.39, 0.29) is 55.2 Å². The van der Waals surface area contributed by atoms with Gasteiger partial charge in [0.2, 0.25) is 17.7 Å². The number of nitrogens with one attached hydrogen (secondary N) is 3. The fourth-order valence-electron chi connectivity index (χ4n) is 5.56. The van der Waals surface area contributed by atoms with Crippen LogP contribution in [0.25, 0.3) is 0 Å². The SMILES string of the molecule is NCCCC[C@H](NC(=O)[C@H](Cc1ccccc1)NC(=O)CCCCCN1C(=O)C=CC1=O)C(=O)Nc1ccc(COC(=O)Oc2ccc([N+](=O)[O-])cc2)cc1. The van der Waals surface area contributed by atoms with Gasteiger partial charge < -0.3 is 31.2 Å². The number of carbonyl (C=O) groups is 6. The van der Waals surface area contributed by atoms with Crippen molar-refractivity contribution in [2.45, 2.75) is 70.1 Å². The molecule has 5 N–H and O–H groups in total. The van der Waals surface area contributed by atoms with Gasteiger partial charge in [0, 0.05) is 49.4 Å². The van der Waals surface area contributed by atoms with E-state index >= 15 is 0 Å². The molecular formula is C39H44N6O10. The van der Waals surface area contributed by atoms with Crippen molar-refractivity contribution in [2.75, 3.05) is 18.4 Å². The van der Waals surface area contributed by atoms with Crippen molar-refractivity contribution < 1.29 is 43.2 Å². The number of nitro groups is 1. The van der Waals surface area contributed by atoms with Gasteiger partial charge in [-0.3, -0.25) is 39.0 Å². The van der Waals surface area contributed by atoms with Crippen molar-refractivity contribution in [1.29, 1.82) is 0 Å². The summed E-state index contributed by atoms with van der Waals surface area (Å²) in [5, 5.41) is 19.2. The molecule has 0 saturated heterocycles. The molecule has 1 aliphatic heterocycles. The highest BCUT2D eigenvalue weighted by molar-refractivity contribution is 6.12. The van der Waals surface area contributed by atoms with Gasteiger partial charge in [0.15, 0.2) is 0 Å². The molecule has 5 amide bonds. The summed E-state index contributed by atoms with van der Waals surface area (Å²) < 4.78 is 10.2. The Morgan fingerprint density at radius 1 is 0.764 bits per heavy atom. The van der Waals surface area contributed by atoms with E-state index in [9.17, 15) is 38.9 Å². The van der Waals surface area contributed by atoms with Crippen LogP contribution in [0, 0.1) is 10.1 Å². The highest BCUT2D eigenvalue weighted by Gasteiger charge is 2.27. The first-order chi connectivity index (χ1) is 26.5. The van der Waals surface area contributed by atoms with Crippen LogP contribution < -0.4 is 26.4 Å². The second-order valence-electron chi connectivity index (χ2n) is 12.7. The zero-order valence-electron chi connectivity index (χ0n) is 30.1. The van der Waals surface area contributed by atoms with Crippen LogP contribution >= 0.6 is 0 Å². The minimum atomic E-state index is -1.01. The predicted octanol–water partition coefficient (Wildman–Crippen LogP) is 4.08. The molecule has 0 saturated carbocycles. The summed E-state index contributed by atoms with van der Waals surface area (Å²) in [4.78, 5) is 87.2. The van der Waals surface area contributed by atoms with Crippen molar-refractivity contribution in [3.63, 3.8) is 0 Å². The van der Waals surface area contributed by atoms with E-state index in [1.807, 2.05) is 30.3 Å². The number of ether oxygens (including phenoxy) is 2. The monoisotopic (exact) mass is 756 g/mol. The molecule has 1 aliphatic rings. The molecule has 55 heavy (non-hydrogen) atoms. The Bertz CT molecular complexity index is 1820. The average molecular weight is 757 g/mol. The zero-order valence-corrected chi connectivity index (χ0v) is 30.1. The first kappa shape index (κ1) is 41.3. The molecule has 0 unspecified atom stereocenters. The quantitative estimate of drug-likeness (QED) is 0.0302. The number of nitrogens with zero attached hydrogens (tertiary/aromatic N) is 2. The molecule has 16 nitrogen and oxygen atoms in total. The van der Waals surface area contributed by atoms with Crippen molar-refractivity contribution in [3.8, 4) is 5.75 Å². The Labute approximate surface area is 317 Å². The fourth-order valence-corrected chi connectivity index (χ4v) is 5.56. The largest absolute Gasteiger partial charge is 0.514 e. The summed E-state index contributed by atoms with van der Waals surface area (Å²) in [7, 11) is 0. The molecule has 0 aliphatic carbocycles. The van der Waals surface area contributed by atoms with E-state index in [4.69, 9.17) is 15.2 Å². The zero-order chi connectivity index (χ0) is 39.6. The number of benzene rings is 3. The fraction of sp³-hybridized carbons (Fsp3) is 0.333. The number of rotatable bonds is 21. The van der Waals surface area contributed by atoms with Crippen molar-refractivity contribution >= 4 is 47.1 Å². The number of non-ortho nitro benzene ring substituents is 1. The Kier molecular flexibility index (Phi) is 16.0. The van der Waals surface area contributed by atoms with Crippen LogP contribution in [0.5, 0.6) is 5.75 Å². The molecule has 3 aromatic carbocycles. The van der Waals surface area contributed by atoms with Crippen molar-refractivity contribution in [3.05, 3.63) is 112 Å². The third kappa shape index (κ3) is 13.8. The van der Waals surface area contributed by atoms with Crippen LogP contribution in [0.1, 0.15) is 56.1 Å². The summed E-state index contributed by atoms with van der Waals surface area (Å²) in [6, 6.07) is 18.7. The van der Waals surface area contributed by atoms with Crippen LogP contribution in [-0.4, -0.2) is 70.7 Å². The Morgan fingerprint density at radius 2 is 1.45 bits per heavy atom. The van der Waals surface area contributed by atoms with E-state index in [1.54, 1.807) is 24.3 Å². The first-order valence-corrected chi connectivity index (χ1v) is 17.9. The lowest BCUT2D eigenvalue weighted by molar-refractivity contribution is -0.384. The van der Waals surface area contributed by atoms with E-state index in [0.29, 0.717) is 56.3 Å². The number of hydrogen-bond acceptors (Lipinski definition) is 11. The number of unbranched alkanes of at least 4 members (excludes halogenated alkanes) is 3. The minimum absolute atomic E-state index is 0.0772. The van der Waals surface area contributed by atoms with Crippen LogP contribution in [0.3, 0.4) is 0 Å². The number of imide groups is 1. The van der Waals surface area contributed by atoms with E-state index in [0.717, 1.165) is 10.5 Å². The molecule has 0 aromatic heterocycles. The van der Waals surface area contributed by atoms with Crippen molar-refractivity contribution in [2.24, 2.45) is 5.73 Å². The van der Waals surface area contributed by atoms with Gasteiger partial charge in [-0.1, -0.05) is 48.9 Å². The molecule has 290 valence electrons. The molecule has 4 rings (SSSR count). The maximum Gasteiger partial charge on any atom is 0.514 e. The maximum absolute atomic E-state index is 13.7. The number of carbonyl (C=O) groups excluding carboxylic acids is 6. The topological polar surface area (TPSA) is 229 Å². The second kappa shape index (κ2) is 21.3. The average Bonchev–Trinajstić information content (AvgIpc) is 3.50. The minimum Gasteiger partial charge on any atom is -0.429 e. The number of anilines is 1. The maximum atomic E-state index is 13.7. The summed E-state index contributed by atoms with van der Waals surface area (Å²) in [5.74, 6) is -1.98. The number of nitrogens with two attached hydrogens (primary N) is 1. The van der Waals surface area contributed by atoms with Crippen LogP contribution in [0.4, 0.5) is 16.2 Å². The molecule has 16 heteroatoms. The third-order valence-electron chi connectivity index (χ3n) is 8.53.